The summed E-state index contributed by atoms with van der Waals surface area (Å²) in [6, 6.07) is 0. The van der Waals surface area contributed by atoms with Gasteiger partial charge in [-0.05, 0) is 19.6 Å². The molecule has 4 nitrogen and oxygen atoms in total. The molecule has 0 saturated carbocycles. The molecule has 0 N–H and O–H groups in total. The Balaban J connectivity index is 3.60. The van der Waals surface area contributed by atoms with Gasteiger partial charge in [-0.15, -0.1) is 0 Å². The molecule has 0 unspecified atom stereocenters. The highest BCUT2D eigenvalue weighted by atomic mass is 28.4. The third-order valence-electron chi connectivity index (χ3n) is 0.965. The Morgan fingerprint density at radius 1 is 1.27 bits per heavy atom. The highest BCUT2D eigenvalue weighted by Gasteiger charge is 2.28. The Labute approximate surface area is 88.3 Å². The average molecular weight is 262 g/mol. The maximum absolute atomic E-state index is 11.6. The van der Waals surface area contributed by atoms with Crippen molar-refractivity contribution in [2.75, 3.05) is 6.61 Å². The zero-order chi connectivity index (χ0) is 12.1. The molecule has 15 heavy (non-hydrogen) atoms. The van der Waals surface area contributed by atoms with Gasteiger partial charge in [-0.2, -0.15) is 13.2 Å². The lowest BCUT2D eigenvalue weighted by Crippen LogP contribution is -2.29. The smallest absolute Gasteiger partial charge is 0.494 e. The van der Waals surface area contributed by atoms with Gasteiger partial charge in [0, 0.05) is 0 Å². The van der Waals surface area contributed by atoms with Crippen LogP contribution < -0.4 is 0 Å². The van der Waals surface area contributed by atoms with E-state index in [1.54, 1.807) is 19.6 Å². The predicted molar refractivity (Wildman–Crippen MR) is 48.6 cm³/mol. The van der Waals surface area contributed by atoms with Gasteiger partial charge in [-0.1, -0.05) is 0 Å². The maximum Gasteiger partial charge on any atom is 0.800 e. The van der Waals surface area contributed by atoms with Crippen molar-refractivity contribution < 1.29 is 31.2 Å². The van der Waals surface area contributed by atoms with Crippen molar-refractivity contribution in [3.63, 3.8) is 0 Å². The minimum atomic E-state index is -4.32. The number of alkyl halides is 3. The zero-order valence-electron chi connectivity index (χ0n) is 8.68. The minimum absolute atomic E-state index is 0.684. The summed E-state index contributed by atoms with van der Waals surface area (Å²) in [5.41, 5.74) is 0. The van der Waals surface area contributed by atoms with E-state index in [1.165, 1.54) is 0 Å². The molecule has 0 rings (SSSR count). The molecule has 0 radical (unpaired) electrons. The molecule has 0 aliphatic heterocycles. The first-order valence-electron chi connectivity index (χ1n) is 4.19. The molecule has 0 aromatic heterocycles. The van der Waals surface area contributed by atoms with Crippen LogP contribution in [0.25, 0.3) is 0 Å². The number of halogens is 3. The fourth-order valence-corrected chi connectivity index (χ4v) is 2.02. The van der Waals surface area contributed by atoms with E-state index >= 15 is 0 Å². The molecule has 0 saturated heterocycles. The van der Waals surface area contributed by atoms with Crippen molar-refractivity contribution >= 4 is 17.5 Å². The molecule has 0 aromatic carbocycles. The van der Waals surface area contributed by atoms with E-state index in [2.05, 4.69) is 9.00 Å². The summed E-state index contributed by atoms with van der Waals surface area (Å²) >= 11 is 0. The first-order chi connectivity index (χ1) is 6.60. The Hall–Kier alpha value is -0.416. The summed E-state index contributed by atoms with van der Waals surface area (Å²) in [4.78, 5) is 0. The van der Waals surface area contributed by atoms with Gasteiger partial charge in [0.1, 0.15) is 0 Å². The molecule has 0 spiro atoms. The van der Waals surface area contributed by atoms with E-state index in [0.717, 1.165) is 0 Å². The second kappa shape index (κ2) is 5.61. The molecule has 0 aromatic rings. The Kier molecular flexibility index (Phi) is 5.45. The Morgan fingerprint density at radius 3 is 2.20 bits per heavy atom. The van der Waals surface area contributed by atoms with E-state index in [9.17, 15) is 17.6 Å². The second-order valence-electron chi connectivity index (χ2n) is 3.74. The Morgan fingerprint density at radius 2 is 1.80 bits per heavy atom. The lowest BCUT2D eigenvalue weighted by atomic mass is 10.5. The first-order valence-corrected chi connectivity index (χ1v) is 8.83. The largest absolute Gasteiger partial charge is 0.800 e. The van der Waals surface area contributed by atoms with E-state index in [4.69, 9.17) is 4.58 Å². The monoisotopic (exact) mass is 262 g/mol. The molecule has 0 heterocycles. The van der Waals surface area contributed by atoms with Crippen molar-refractivity contribution in [1.29, 1.82) is 0 Å². The standard InChI is InChI=1S/C6H13F3O4Si2/c1-15(2,3)13-12-14(10)11-5-4-6(7,8)9/h4-5H2,1-3H3. The summed E-state index contributed by atoms with van der Waals surface area (Å²) in [6.45, 7) is 4.64. The molecular formula is C6H13F3O4Si2. The quantitative estimate of drug-likeness (QED) is 0.418. The van der Waals surface area contributed by atoms with Crippen molar-refractivity contribution in [3.05, 3.63) is 0 Å². The molecule has 0 aliphatic rings. The molecule has 0 aliphatic carbocycles. The lowest BCUT2D eigenvalue weighted by molar-refractivity contribution is -0.156. The number of hydrogen-bond acceptors (Lipinski definition) is 4. The summed E-state index contributed by atoms with van der Waals surface area (Å²) < 4.78 is 59.2. The highest BCUT2D eigenvalue weighted by Crippen LogP contribution is 2.18. The molecule has 0 bridgehead atoms. The third kappa shape index (κ3) is 11.5. The van der Waals surface area contributed by atoms with Crippen LogP contribution in [0.3, 0.4) is 0 Å². The topological polar surface area (TPSA) is 44.8 Å². The predicted octanol–water partition coefficient (Wildman–Crippen LogP) is 2.15. The summed E-state index contributed by atoms with van der Waals surface area (Å²) in [5.74, 6) is 0. The average Bonchev–Trinajstić information content (AvgIpc) is 1.97. The first kappa shape index (κ1) is 14.6. The van der Waals surface area contributed by atoms with E-state index in [-0.39, 0.29) is 0 Å². The molecule has 0 amide bonds. The van der Waals surface area contributed by atoms with Crippen LogP contribution in [0, 0.1) is 0 Å². The van der Waals surface area contributed by atoms with Crippen LogP contribution in [0.5, 0.6) is 0 Å². The molecule has 0 atom stereocenters. The third-order valence-corrected chi connectivity index (χ3v) is 2.37. The minimum Gasteiger partial charge on any atom is -0.494 e. The van der Waals surface area contributed by atoms with Gasteiger partial charge in [0.15, 0.2) is 0 Å². The Bertz CT molecular complexity index is 213. The van der Waals surface area contributed by atoms with Crippen molar-refractivity contribution in [1.82, 2.24) is 0 Å². The van der Waals surface area contributed by atoms with Gasteiger partial charge in [-0.25, -0.2) is 0 Å². The fraction of sp³-hybridized carbons (Fsp3) is 1.00. The van der Waals surface area contributed by atoms with Crippen molar-refractivity contribution in [2.24, 2.45) is 0 Å². The van der Waals surface area contributed by atoms with Gasteiger partial charge in [0.2, 0.25) is 8.32 Å². The number of hydrogen-bond donors (Lipinski definition) is 0. The van der Waals surface area contributed by atoms with Crippen LogP contribution in [-0.2, 0) is 18.0 Å². The van der Waals surface area contributed by atoms with Crippen LogP contribution >= 0.6 is 0 Å². The van der Waals surface area contributed by atoms with Gasteiger partial charge in [0.25, 0.3) is 0 Å². The number of rotatable bonds is 6. The summed E-state index contributed by atoms with van der Waals surface area (Å²) in [7, 11) is -4.98. The SMILES string of the molecule is C[Si](C)(C)OO[Si](=O)OCCC(F)(F)F. The summed E-state index contributed by atoms with van der Waals surface area (Å²) in [6.07, 6.45) is -5.47. The van der Waals surface area contributed by atoms with Crippen molar-refractivity contribution in [2.45, 2.75) is 32.2 Å². The zero-order valence-corrected chi connectivity index (χ0v) is 10.7. The molecular weight excluding hydrogens is 249 g/mol. The van der Waals surface area contributed by atoms with Crippen LogP contribution in [0.2, 0.25) is 19.6 Å². The van der Waals surface area contributed by atoms with E-state index in [1.807, 2.05) is 0 Å². The highest BCUT2D eigenvalue weighted by molar-refractivity contribution is 6.69. The van der Waals surface area contributed by atoms with Gasteiger partial charge >= 0.3 is 15.3 Å². The van der Waals surface area contributed by atoms with Crippen LogP contribution in [-0.4, -0.2) is 30.3 Å². The van der Waals surface area contributed by atoms with Gasteiger partial charge in [-0.3, -0.25) is 9.04 Å². The lowest BCUT2D eigenvalue weighted by Gasteiger charge is -2.14. The van der Waals surface area contributed by atoms with Crippen LogP contribution in [0.15, 0.2) is 0 Å². The van der Waals surface area contributed by atoms with Crippen LogP contribution in [0.4, 0.5) is 13.2 Å². The van der Waals surface area contributed by atoms with Gasteiger partial charge in [0.05, 0.1) is 13.0 Å². The normalized spacial score (nSPS) is 12.4. The van der Waals surface area contributed by atoms with Crippen molar-refractivity contribution in [3.8, 4) is 0 Å². The molecule has 90 valence electrons. The van der Waals surface area contributed by atoms with E-state index in [0.29, 0.717) is 0 Å². The maximum atomic E-state index is 11.6. The summed E-state index contributed by atoms with van der Waals surface area (Å²) in [5, 5.41) is 0. The second-order valence-corrected chi connectivity index (χ2v) is 9.09. The van der Waals surface area contributed by atoms with E-state index < -0.39 is 36.7 Å². The van der Waals surface area contributed by atoms with Crippen LogP contribution in [0.1, 0.15) is 6.42 Å². The molecule has 0 fully saturated rings. The molecule has 9 heteroatoms. The van der Waals surface area contributed by atoms with Gasteiger partial charge < -0.3 is 9.00 Å². The fourth-order valence-electron chi connectivity index (χ4n) is 0.433.